The zero-order chi connectivity index (χ0) is 31.3. The van der Waals surface area contributed by atoms with Gasteiger partial charge in [0.1, 0.15) is 6.04 Å². The molecule has 8 nitrogen and oxygen atoms in total. The van der Waals surface area contributed by atoms with Crippen molar-refractivity contribution in [3.63, 3.8) is 0 Å². The Morgan fingerprint density at radius 2 is 1.73 bits per heavy atom. The average Bonchev–Trinajstić information content (AvgIpc) is 3.01. The molecule has 0 radical (unpaired) electrons. The van der Waals surface area contributed by atoms with Gasteiger partial charge in [-0.2, -0.15) is 0 Å². The lowest BCUT2D eigenvalue weighted by Crippen LogP contribution is -2.59. The molecule has 2 atom stereocenters. The molecule has 2 fully saturated rings. The van der Waals surface area contributed by atoms with Crippen LogP contribution in [0.15, 0.2) is 48.5 Å². The van der Waals surface area contributed by atoms with Crippen LogP contribution in [-0.2, 0) is 32.0 Å². The van der Waals surface area contributed by atoms with Crippen molar-refractivity contribution in [2.45, 2.75) is 83.3 Å². The summed E-state index contributed by atoms with van der Waals surface area (Å²) in [7, 11) is 0. The first kappa shape index (κ1) is 32.5. The van der Waals surface area contributed by atoms with Crippen molar-refractivity contribution >= 4 is 29.3 Å². The average molecular weight is 623 g/mol. The molecule has 1 unspecified atom stereocenters. The van der Waals surface area contributed by atoms with Gasteiger partial charge in [0.25, 0.3) is 0 Å². The van der Waals surface area contributed by atoms with Gasteiger partial charge in [-0.05, 0) is 94.2 Å². The Kier molecular flexibility index (Phi) is 10.3. The summed E-state index contributed by atoms with van der Waals surface area (Å²) >= 11 is 6.13. The van der Waals surface area contributed by atoms with Crippen LogP contribution in [0.4, 0.5) is 0 Å². The van der Waals surface area contributed by atoms with Gasteiger partial charge in [-0.25, -0.2) is 0 Å². The number of carbonyl (C=O) groups is 3. The molecule has 238 valence electrons. The molecule has 0 spiro atoms. The maximum Gasteiger partial charge on any atom is 0.245 e. The molecule has 44 heavy (non-hydrogen) atoms. The van der Waals surface area contributed by atoms with E-state index in [2.05, 4.69) is 28.1 Å². The molecule has 2 aromatic carbocycles. The van der Waals surface area contributed by atoms with E-state index in [4.69, 9.17) is 16.3 Å². The second-order valence-electron chi connectivity index (χ2n) is 13.7. The number of ether oxygens (including phenoxy) is 1. The molecule has 3 heterocycles. The number of hydrogen-bond donors (Lipinski definition) is 3. The number of likely N-dealkylation sites (tertiary alicyclic amines) is 1. The Hall–Kier alpha value is -2.94. The van der Waals surface area contributed by atoms with E-state index in [0.717, 1.165) is 36.9 Å². The number of piperidine rings is 1. The number of nitrogens with one attached hydrogen (secondary N) is 3. The highest BCUT2D eigenvalue weighted by Crippen LogP contribution is 2.44. The maximum absolute atomic E-state index is 14.1. The normalized spacial score (nSPS) is 21.2. The largest absolute Gasteiger partial charge is 0.381 e. The Balaban J connectivity index is 1.31. The number of fused-ring (bicyclic) bond motifs is 1. The second kappa shape index (κ2) is 14.0. The number of rotatable bonds is 8. The third-order valence-corrected chi connectivity index (χ3v) is 9.75. The van der Waals surface area contributed by atoms with Gasteiger partial charge in [-0.3, -0.25) is 14.4 Å². The third-order valence-electron chi connectivity index (χ3n) is 9.50. The van der Waals surface area contributed by atoms with Crippen molar-refractivity contribution in [1.29, 1.82) is 0 Å². The van der Waals surface area contributed by atoms with Crippen LogP contribution in [0, 0.1) is 11.3 Å². The lowest BCUT2D eigenvalue weighted by Gasteiger charge is -2.48. The molecule has 5 rings (SSSR count). The van der Waals surface area contributed by atoms with Crippen molar-refractivity contribution in [2.24, 2.45) is 11.3 Å². The third kappa shape index (κ3) is 7.82. The number of halogens is 1. The molecule has 0 aliphatic carbocycles. The van der Waals surface area contributed by atoms with Crippen LogP contribution in [0.1, 0.15) is 75.6 Å². The maximum atomic E-state index is 14.1. The predicted octanol–water partition coefficient (Wildman–Crippen LogP) is 4.59. The van der Waals surface area contributed by atoms with Crippen LogP contribution in [0.2, 0.25) is 5.02 Å². The van der Waals surface area contributed by atoms with Crippen LogP contribution < -0.4 is 16.0 Å². The smallest absolute Gasteiger partial charge is 0.245 e. The molecular weight excluding hydrogens is 576 g/mol. The molecule has 3 N–H and O–H groups in total. The number of hydrogen-bond acceptors (Lipinski definition) is 5. The Bertz CT molecular complexity index is 1310. The molecule has 0 bridgehead atoms. The van der Waals surface area contributed by atoms with E-state index in [1.54, 1.807) is 12.1 Å². The summed E-state index contributed by atoms with van der Waals surface area (Å²) in [5, 5.41) is 10.4. The molecule has 2 aromatic rings. The zero-order valence-electron chi connectivity index (χ0n) is 26.3. The van der Waals surface area contributed by atoms with Gasteiger partial charge in [0.2, 0.25) is 17.7 Å². The Morgan fingerprint density at radius 1 is 1.05 bits per heavy atom. The summed E-state index contributed by atoms with van der Waals surface area (Å²) in [4.78, 5) is 43.3. The second-order valence-corrected chi connectivity index (χ2v) is 14.1. The van der Waals surface area contributed by atoms with Gasteiger partial charge in [-0.1, -0.05) is 48.0 Å². The van der Waals surface area contributed by atoms with Crippen LogP contribution in [0.5, 0.6) is 0 Å². The van der Waals surface area contributed by atoms with E-state index in [1.807, 2.05) is 49.9 Å². The minimum absolute atomic E-state index is 0.0790. The summed E-state index contributed by atoms with van der Waals surface area (Å²) in [5.41, 5.74) is 2.44. The van der Waals surface area contributed by atoms with E-state index in [9.17, 15) is 14.4 Å². The summed E-state index contributed by atoms with van der Waals surface area (Å²) < 4.78 is 5.63. The minimum Gasteiger partial charge on any atom is -0.381 e. The highest BCUT2D eigenvalue weighted by molar-refractivity contribution is 6.30. The number of amides is 3. The van der Waals surface area contributed by atoms with Crippen molar-refractivity contribution in [3.05, 3.63) is 70.2 Å². The Labute approximate surface area is 266 Å². The van der Waals surface area contributed by atoms with E-state index in [1.165, 1.54) is 5.56 Å². The molecule has 0 aromatic heterocycles. The molecule has 3 aliphatic rings. The van der Waals surface area contributed by atoms with E-state index in [-0.39, 0.29) is 41.6 Å². The van der Waals surface area contributed by atoms with Gasteiger partial charge in [0.15, 0.2) is 0 Å². The number of carbonyl (C=O) groups excluding carboxylic acids is 3. The van der Waals surface area contributed by atoms with Gasteiger partial charge in [0.05, 0.1) is 5.41 Å². The number of benzene rings is 2. The fraction of sp³-hybridized carbons (Fsp3) is 0.571. The van der Waals surface area contributed by atoms with Crippen LogP contribution >= 0.6 is 11.6 Å². The van der Waals surface area contributed by atoms with Crippen LogP contribution in [0.25, 0.3) is 0 Å². The standard InChI is InChI=1S/C35H47ClN4O4/c1-34(2,3)39-33(43)35(26-13-20-44-21-14-26)15-18-40(19-16-35)32(42)30(22-24-8-10-27(36)11-9-24)38-31(41)23-29-28-7-5-4-6-25(28)12-17-37-29/h4-11,26,29-30,37H,12-23H2,1-3H3,(H,38,41)(H,39,43)/t29?,30-/m1/s1. The van der Waals surface area contributed by atoms with E-state index < -0.39 is 11.5 Å². The lowest BCUT2D eigenvalue weighted by molar-refractivity contribution is -0.149. The first-order chi connectivity index (χ1) is 21.0. The Morgan fingerprint density at radius 3 is 2.41 bits per heavy atom. The highest BCUT2D eigenvalue weighted by atomic mass is 35.5. The summed E-state index contributed by atoms with van der Waals surface area (Å²) in [6, 6.07) is 14.8. The van der Waals surface area contributed by atoms with Gasteiger partial charge < -0.3 is 25.6 Å². The number of nitrogens with zero attached hydrogens (tertiary/aromatic N) is 1. The quantitative estimate of drug-likeness (QED) is 0.400. The molecule has 3 aliphatic heterocycles. The van der Waals surface area contributed by atoms with Crippen molar-refractivity contribution in [3.8, 4) is 0 Å². The first-order valence-corrected chi connectivity index (χ1v) is 16.5. The molecule has 2 saturated heterocycles. The lowest BCUT2D eigenvalue weighted by atomic mass is 9.65. The summed E-state index contributed by atoms with van der Waals surface area (Å²) in [5.74, 6) is 0.0216. The van der Waals surface area contributed by atoms with Crippen molar-refractivity contribution in [1.82, 2.24) is 20.9 Å². The minimum atomic E-state index is -0.721. The molecule has 3 amide bonds. The first-order valence-electron chi connectivity index (χ1n) is 16.1. The van der Waals surface area contributed by atoms with Crippen molar-refractivity contribution in [2.75, 3.05) is 32.8 Å². The SMILES string of the molecule is CC(C)(C)NC(=O)C1(C2CCOCC2)CCN(C(=O)[C@@H](Cc2ccc(Cl)cc2)NC(=O)CC2NCCc3ccccc32)CC1. The topological polar surface area (TPSA) is 99.8 Å². The van der Waals surface area contributed by atoms with E-state index in [0.29, 0.717) is 50.6 Å². The van der Waals surface area contributed by atoms with Gasteiger partial charge in [0, 0.05) is 55.7 Å². The van der Waals surface area contributed by atoms with Crippen molar-refractivity contribution < 1.29 is 19.1 Å². The van der Waals surface area contributed by atoms with Gasteiger partial charge in [-0.15, -0.1) is 0 Å². The molecular formula is C35H47ClN4O4. The summed E-state index contributed by atoms with van der Waals surface area (Å²) in [6.45, 7) is 9.09. The summed E-state index contributed by atoms with van der Waals surface area (Å²) in [6.07, 6.45) is 4.43. The van der Waals surface area contributed by atoms with Gasteiger partial charge >= 0.3 is 0 Å². The van der Waals surface area contributed by atoms with Crippen LogP contribution in [0.3, 0.4) is 0 Å². The molecule has 9 heteroatoms. The van der Waals surface area contributed by atoms with E-state index >= 15 is 0 Å². The fourth-order valence-electron chi connectivity index (χ4n) is 7.15. The van der Waals surface area contributed by atoms with Crippen LogP contribution in [-0.4, -0.2) is 67.1 Å². The monoisotopic (exact) mass is 622 g/mol. The molecule has 0 saturated carbocycles. The fourth-order valence-corrected chi connectivity index (χ4v) is 7.28. The zero-order valence-corrected chi connectivity index (χ0v) is 27.1. The highest BCUT2D eigenvalue weighted by Gasteiger charge is 2.49. The predicted molar refractivity (Wildman–Crippen MR) is 172 cm³/mol.